The van der Waals surface area contributed by atoms with E-state index < -0.39 is 0 Å². The molecule has 0 bridgehead atoms. The number of carbonyl (C=O) groups excluding carboxylic acids is 1. The second kappa shape index (κ2) is 5.04. The van der Waals surface area contributed by atoms with Gasteiger partial charge >= 0.3 is 0 Å². The summed E-state index contributed by atoms with van der Waals surface area (Å²) in [6, 6.07) is 1.86. The minimum Gasteiger partial charge on any atom is -0.390 e. The number of carbonyl (C=O) groups is 1. The second-order valence-electron chi connectivity index (χ2n) is 4.74. The van der Waals surface area contributed by atoms with Gasteiger partial charge in [-0.2, -0.15) is 5.10 Å². The van der Waals surface area contributed by atoms with Crippen LogP contribution in [0.2, 0.25) is 0 Å². The first-order valence-electron chi connectivity index (χ1n) is 6.55. The molecule has 2 aromatic heterocycles. The summed E-state index contributed by atoms with van der Waals surface area (Å²) in [5.41, 5.74) is 1.15. The van der Waals surface area contributed by atoms with Crippen LogP contribution >= 0.6 is 0 Å². The van der Waals surface area contributed by atoms with Gasteiger partial charge < -0.3 is 10.0 Å². The minimum absolute atomic E-state index is 0.0110. The average molecular weight is 276 g/mol. The van der Waals surface area contributed by atoms with Crippen molar-refractivity contribution in [1.82, 2.24) is 29.7 Å². The van der Waals surface area contributed by atoms with Crippen molar-refractivity contribution in [3.05, 3.63) is 29.8 Å². The summed E-state index contributed by atoms with van der Waals surface area (Å²) in [4.78, 5) is 14.0. The van der Waals surface area contributed by atoms with E-state index in [1.54, 1.807) is 32.7 Å². The molecular weight excluding hydrogens is 260 g/mol. The normalized spacial score (nSPS) is 15.4. The molecule has 1 N–H and O–H groups in total. The van der Waals surface area contributed by atoms with Gasteiger partial charge in [0.25, 0.3) is 5.91 Å². The largest absolute Gasteiger partial charge is 0.390 e. The highest BCUT2D eigenvalue weighted by Gasteiger charge is 2.34. The van der Waals surface area contributed by atoms with Gasteiger partial charge in [0.1, 0.15) is 11.4 Å². The Labute approximate surface area is 115 Å². The molecule has 3 rings (SSSR count). The zero-order chi connectivity index (χ0) is 14.1. The third-order valence-corrected chi connectivity index (χ3v) is 3.48. The summed E-state index contributed by atoms with van der Waals surface area (Å²) >= 11 is 0. The van der Waals surface area contributed by atoms with Crippen molar-refractivity contribution in [2.75, 3.05) is 13.1 Å². The van der Waals surface area contributed by atoms with Crippen molar-refractivity contribution in [2.24, 2.45) is 0 Å². The average Bonchev–Trinajstić information content (AvgIpc) is 3.05. The van der Waals surface area contributed by atoms with Crippen molar-refractivity contribution in [3.8, 4) is 0 Å². The SMILES string of the molecule is CCn1nccc1C(=O)N1CC(n2cc(CO)nn2)C1. The molecule has 0 aliphatic carbocycles. The molecule has 1 fully saturated rings. The number of aliphatic hydroxyl groups excluding tert-OH is 1. The monoisotopic (exact) mass is 276 g/mol. The van der Waals surface area contributed by atoms with Crippen LogP contribution in [0.1, 0.15) is 29.1 Å². The van der Waals surface area contributed by atoms with Crippen LogP contribution < -0.4 is 0 Å². The fourth-order valence-electron chi connectivity index (χ4n) is 2.28. The molecule has 3 heterocycles. The van der Waals surface area contributed by atoms with Gasteiger partial charge in [0.05, 0.1) is 18.8 Å². The van der Waals surface area contributed by atoms with Crippen molar-refractivity contribution < 1.29 is 9.90 Å². The zero-order valence-corrected chi connectivity index (χ0v) is 11.2. The standard InChI is InChI=1S/C12H16N6O2/c1-2-17-11(3-4-13-17)12(20)16-6-10(7-16)18-5-9(8-19)14-15-18/h3-5,10,19H,2,6-8H2,1H3. The lowest BCUT2D eigenvalue weighted by Gasteiger charge is -2.38. The zero-order valence-electron chi connectivity index (χ0n) is 11.2. The molecule has 0 radical (unpaired) electrons. The van der Waals surface area contributed by atoms with Gasteiger partial charge in [-0.15, -0.1) is 5.10 Å². The van der Waals surface area contributed by atoms with Gasteiger partial charge in [-0.05, 0) is 13.0 Å². The number of likely N-dealkylation sites (tertiary alicyclic amines) is 1. The number of nitrogens with zero attached hydrogens (tertiary/aromatic N) is 6. The minimum atomic E-state index is -0.120. The first-order valence-corrected chi connectivity index (χ1v) is 6.55. The van der Waals surface area contributed by atoms with E-state index in [2.05, 4.69) is 15.4 Å². The van der Waals surface area contributed by atoms with Crippen LogP contribution in [0.5, 0.6) is 0 Å². The fraction of sp³-hybridized carbons (Fsp3) is 0.500. The first-order chi connectivity index (χ1) is 9.72. The molecular formula is C12H16N6O2. The van der Waals surface area contributed by atoms with Gasteiger partial charge in [0, 0.05) is 25.8 Å². The maximum absolute atomic E-state index is 12.3. The smallest absolute Gasteiger partial charge is 0.272 e. The number of aliphatic hydroxyl groups is 1. The predicted molar refractivity (Wildman–Crippen MR) is 68.8 cm³/mol. The van der Waals surface area contributed by atoms with Gasteiger partial charge in [0.15, 0.2) is 0 Å². The Morgan fingerprint density at radius 1 is 1.50 bits per heavy atom. The maximum Gasteiger partial charge on any atom is 0.272 e. The first kappa shape index (κ1) is 12.8. The third kappa shape index (κ3) is 2.07. The molecule has 0 aromatic carbocycles. The Morgan fingerprint density at radius 3 is 2.95 bits per heavy atom. The van der Waals surface area contributed by atoms with Crippen molar-refractivity contribution in [3.63, 3.8) is 0 Å². The lowest BCUT2D eigenvalue weighted by Crippen LogP contribution is -2.51. The Kier molecular flexibility index (Phi) is 3.23. The van der Waals surface area contributed by atoms with Gasteiger partial charge in [-0.1, -0.05) is 5.21 Å². The molecule has 1 aliphatic heterocycles. The number of aromatic nitrogens is 5. The molecule has 8 nitrogen and oxygen atoms in total. The van der Waals surface area contributed by atoms with Crippen molar-refractivity contribution >= 4 is 5.91 Å². The van der Waals surface area contributed by atoms with Crippen LogP contribution in [-0.2, 0) is 13.2 Å². The van der Waals surface area contributed by atoms with E-state index in [0.717, 1.165) is 0 Å². The summed E-state index contributed by atoms with van der Waals surface area (Å²) in [6.45, 7) is 3.71. The van der Waals surface area contributed by atoms with Crippen LogP contribution in [0.15, 0.2) is 18.5 Å². The number of hydrogen-bond donors (Lipinski definition) is 1. The van der Waals surface area contributed by atoms with E-state index in [1.165, 1.54) is 0 Å². The summed E-state index contributed by atoms with van der Waals surface area (Å²) < 4.78 is 3.39. The molecule has 1 amide bonds. The lowest BCUT2D eigenvalue weighted by molar-refractivity contribution is 0.0486. The number of hydrogen-bond acceptors (Lipinski definition) is 5. The van der Waals surface area contributed by atoms with E-state index in [9.17, 15) is 4.79 Å². The van der Waals surface area contributed by atoms with Crippen molar-refractivity contribution in [2.45, 2.75) is 26.1 Å². The molecule has 1 saturated heterocycles. The highest BCUT2D eigenvalue weighted by atomic mass is 16.3. The molecule has 0 saturated carbocycles. The summed E-state index contributed by atoms with van der Waals surface area (Å²) in [7, 11) is 0. The predicted octanol–water partition coefficient (Wildman–Crippen LogP) is -0.316. The molecule has 0 unspecified atom stereocenters. The Hall–Kier alpha value is -2.22. The molecule has 2 aromatic rings. The molecule has 0 spiro atoms. The maximum atomic E-state index is 12.3. The van der Waals surface area contributed by atoms with Crippen molar-refractivity contribution in [1.29, 1.82) is 0 Å². The van der Waals surface area contributed by atoms with Crippen LogP contribution in [0, 0.1) is 0 Å². The second-order valence-corrected chi connectivity index (χ2v) is 4.74. The summed E-state index contributed by atoms with van der Waals surface area (Å²) in [5, 5.41) is 20.8. The molecule has 106 valence electrons. The number of rotatable bonds is 4. The van der Waals surface area contributed by atoms with Gasteiger partial charge in [0.2, 0.25) is 0 Å². The van der Waals surface area contributed by atoms with Crippen LogP contribution in [0.4, 0.5) is 0 Å². The molecule has 1 aliphatic rings. The third-order valence-electron chi connectivity index (χ3n) is 3.48. The van der Waals surface area contributed by atoms with Gasteiger partial charge in [-0.25, -0.2) is 4.68 Å². The fourth-order valence-corrected chi connectivity index (χ4v) is 2.28. The Bertz CT molecular complexity index is 613. The highest BCUT2D eigenvalue weighted by molar-refractivity contribution is 5.93. The van der Waals surface area contributed by atoms with E-state index in [0.29, 0.717) is 31.0 Å². The van der Waals surface area contributed by atoms with E-state index >= 15 is 0 Å². The Morgan fingerprint density at radius 2 is 2.30 bits per heavy atom. The van der Waals surface area contributed by atoms with E-state index in [-0.39, 0.29) is 18.6 Å². The van der Waals surface area contributed by atoms with Crippen LogP contribution in [0.25, 0.3) is 0 Å². The van der Waals surface area contributed by atoms with E-state index in [4.69, 9.17) is 5.11 Å². The molecule has 8 heteroatoms. The van der Waals surface area contributed by atoms with E-state index in [1.807, 2.05) is 6.92 Å². The van der Waals surface area contributed by atoms with Crippen LogP contribution in [0.3, 0.4) is 0 Å². The quantitative estimate of drug-likeness (QED) is 0.827. The molecule has 20 heavy (non-hydrogen) atoms. The summed E-state index contributed by atoms with van der Waals surface area (Å²) in [6.07, 6.45) is 3.35. The number of aryl methyl sites for hydroxylation is 1. The summed E-state index contributed by atoms with van der Waals surface area (Å²) in [5.74, 6) is -0.0110. The molecule has 0 atom stereocenters. The highest BCUT2D eigenvalue weighted by Crippen LogP contribution is 2.22. The Balaban J connectivity index is 1.64. The number of amides is 1. The van der Waals surface area contributed by atoms with Crippen LogP contribution in [-0.4, -0.2) is 53.8 Å². The van der Waals surface area contributed by atoms with Gasteiger partial charge in [-0.3, -0.25) is 9.48 Å². The lowest BCUT2D eigenvalue weighted by atomic mass is 10.1. The topological polar surface area (TPSA) is 89.1 Å².